The van der Waals surface area contributed by atoms with Crippen molar-refractivity contribution in [2.45, 2.75) is 19.1 Å². The van der Waals surface area contributed by atoms with Crippen molar-refractivity contribution in [1.29, 1.82) is 0 Å². The molecule has 3 heterocycles. The Morgan fingerprint density at radius 3 is 2.27 bits per heavy atom. The van der Waals surface area contributed by atoms with Gasteiger partial charge < -0.3 is 4.74 Å². The molecule has 11 heteroatoms. The van der Waals surface area contributed by atoms with Crippen LogP contribution in [0.4, 0.5) is 11.4 Å². The fourth-order valence-corrected chi connectivity index (χ4v) is 5.42. The van der Waals surface area contributed by atoms with E-state index >= 15 is 0 Å². The van der Waals surface area contributed by atoms with Crippen LogP contribution in [-0.4, -0.2) is 33.7 Å². The number of ether oxygens (including phenoxy) is 1. The second-order valence-corrected chi connectivity index (χ2v) is 10.3. The largest absolute Gasteiger partial charge is 0.422 e. The highest BCUT2D eigenvalue weighted by Crippen LogP contribution is 2.48. The molecule has 1 aromatic heterocycles. The van der Waals surface area contributed by atoms with Crippen molar-refractivity contribution in [2.24, 2.45) is 13.0 Å². The van der Waals surface area contributed by atoms with Crippen LogP contribution < -0.4 is 14.7 Å². The molecule has 3 unspecified atom stereocenters. The minimum absolute atomic E-state index is 0.228. The molecule has 2 aliphatic heterocycles. The minimum Gasteiger partial charge on any atom is -0.422 e. The van der Waals surface area contributed by atoms with E-state index < -0.39 is 35.8 Å². The van der Waals surface area contributed by atoms with Gasteiger partial charge in [0.15, 0.2) is 6.10 Å². The van der Waals surface area contributed by atoms with E-state index in [-0.39, 0.29) is 5.02 Å². The molecule has 4 aromatic rings. The lowest BCUT2D eigenvalue weighted by atomic mass is 9.90. The average molecular weight is 577 g/mol. The van der Waals surface area contributed by atoms with E-state index in [4.69, 9.17) is 32.8 Å². The van der Waals surface area contributed by atoms with E-state index in [1.54, 1.807) is 55.4 Å². The molecule has 2 saturated heterocycles. The van der Waals surface area contributed by atoms with Crippen molar-refractivity contribution in [3.05, 3.63) is 106 Å². The van der Waals surface area contributed by atoms with Crippen LogP contribution in [0.1, 0.15) is 27.8 Å². The van der Waals surface area contributed by atoms with Crippen LogP contribution in [0.25, 0.3) is 0 Å². The van der Waals surface area contributed by atoms with Gasteiger partial charge in [0.2, 0.25) is 5.91 Å². The second-order valence-electron chi connectivity index (χ2n) is 9.52. The van der Waals surface area contributed by atoms with E-state index in [0.29, 0.717) is 39.1 Å². The summed E-state index contributed by atoms with van der Waals surface area (Å²) in [4.78, 5) is 47.2. The summed E-state index contributed by atoms with van der Waals surface area (Å²) in [7, 11) is 1.67. The lowest BCUT2D eigenvalue weighted by molar-refractivity contribution is -0.126. The highest BCUT2D eigenvalue weighted by Gasteiger charge is 2.60. The zero-order valence-electron chi connectivity index (χ0n) is 21.3. The number of anilines is 2. The number of hydrogen-bond acceptors (Lipinski definition) is 7. The summed E-state index contributed by atoms with van der Waals surface area (Å²) >= 11 is 12.2. The number of amides is 2. The van der Waals surface area contributed by atoms with Crippen LogP contribution in [0.5, 0.6) is 5.75 Å². The molecular formula is C29H22Cl2N4O5. The Labute approximate surface area is 239 Å². The molecule has 0 N–H and O–H groups in total. The van der Waals surface area contributed by atoms with Gasteiger partial charge in [-0.15, -0.1) is 0 Å². The van der Waals surface area contributed by atoms with E-state index in [9.17, 15) is 14.4 Å². The quantitative estimate of drug-likeness (QED) is 0.180. The van der Waals surface area contributed by atoms with Crippen molar-refractivity contribution in [3.63, 3.8) is 0 Å². The van der Waals surface area contributed by atoms with Crippen molar-refractivity contribution in [3.8, 4) is 5.75 Å². The molecule has 0 saturated carbocycles. The molecule has 3 aromatic carbocycles. The highest BCUT2D eigenvalue weighted by atomic mass is 35.5. The maximum atomic E-state index is 13.8. The van der Waals surface area contributed by atoms with Gasteiger partial charge in [-0.3, -0.25) is 19.1 Å². The normalized spacial score (nSPS) is 20.2. The number of imide groups is 1. The molecule has 6 rings (SSSR count). The van der Waals surface area contributed by atoms with Gasteiger partial charge in [0.05, 0.1) is 33.2 Å². The summed E-state index contributed by atoms with van der Waals surface area (Å²) in [5.74, 6) is -1.97. The summed E-state index contributed by atoms with van der Waals surface area (Å²) in [5.41, 5.74) is 2.73. The van der Waals surface area contributed by atoms with Gasteiger partial charge in [-0.1, -0.05) is 53.5 Å². The van der Waals surface area contributed by atoms with Crippen LogP contribution in [0, 0.1) is 12.8 Å². The van der Waals surface area contributed by atoms with Crippen LogP contribution in [0.3, 0.4) is 0 Å². The number of rotatable bonds is 5. The third-order valence-electron chi connectivity index (χ3n) is 6.93. The number of carbonyl (C=O) groups is 3. The summed E-state index contributed by atoms with van der Waals surface area (Å²) in [6.45, 7) is 1.79. The monoisotopic (exact) mass is 576 g/mol. The SMILES string of the molecule is Cc1cc(C(=O)Oc2ccc(C3C4C(=O)N(c5ccc(Cl)c(Cl)c5)C(=O)C4ON3c3ccccc3)cc2)n(C)n1. The first-order chi connectivity index (χ1) is 19.2. The predicted molar refractivity (Wildman–Crippen MR) is 148 cm³/mol. The molecule has 0 spiro atoms. The highest BCUT2D eigenvalue weighted by molar-refractivity contribution is 6.42. The Morgan fingerprint density at radius 2 is 1.62 bits per heavy atom. The molecule has 202 valence electrons. The van der Waals surface area contributed by atoms with E-state index in [0.717, 1.165) is 4.90 Å². The topological polar surface area (TPSA) is 94.0 Å². The van der Waals surface area contributed by atoms with Gasteiger partial charge in [0.25, 0.3) is 5.91 Å². The number of fused-ring (bicyclic) bond motifs is 1. The van der Waals surface area contributed by atoms with Gasteiger partial charge in [-0.05, 0) is 61.0 Å². The van der Waals surface area contributed by atoms with Crippen molar-refractivity contribution < 1.29 is 24.0 Å². The first-order valence-corrected chi connectivity index (χ1v) is 13.1. The number of esters is 1. The molecule has 2 aliphatic rings. The molecule has 2 fully saturated rings. The Kier molecular flexibility index (Phi) is 6.58. The molecular weight excluding hydrogens is 555 g/mol. The fourth-order valence-electron chi connectivity index (χ4n) is 5.12. The predicted octanol–water partition coefficient (Wildman–Crippen LogP) is 5.31. The number of aromatic nitrogens is 2. The lowest BCUT2D eigenvalue weighted by Gasteiger charge is -2.29. The van der Waals surface area contributed by atoms with Gasteiger partial charge in [0, 0.05) is 7.05 Å². The summed E-state index contributed by atoms with van der Waals surface area (Å²) in [6, 6.07) is 21.6. The van der Waals surface area contributed by atoms with Crippen LogP contribution >= 0.6 is 23.2 Å². The Hall–Kier alpha value is -4.18. The number of hydroxylamine groups is 1. The molecule has 2 amide bonds. The van der Waals surface area contributed by atoms with E-state index in [1.807, 2.05) is 30.3 Å². The zero-order chi connectivity index (χ0) is 28.1. The number of aryl methyl sites for hydroxylation is 2. The molecule has 0 aliphatic carbocycles. The van der Waals surface area contributed by atoms with Crippen molar-refractivity contribution in [2.75, 3.05) is 9.96 Å². The Bertz CT molecular complexity index is 1640. The van der Waals surface area contributed by atoms with Gasteiger partial charge in [-0.25, -0.2) is 14.8 Å². The summed E-state index contributed by atoms with van der Waals surface area (Å²) < 4.78 is 7.01. The van der Waals surface area contributed by atoms with Crippen molar-refractivity contribution >= 4 is 52.4 Å². The molecule has 40 heavy (non-hydrogen) atoms. The molecule has 9 nitrogen and oxygen atoms in total. The standard InChI is InChI=1S/C29H22Cl2N4O5/c1-16-14-23(33(2)32-16)29(38)39-20-11-8-17(9-12-20)25-24-26(40-35(25)18-6-4-3-5-7-18)28(37)34(27(24)36)19-10-13-21(30)22(31)15-19/h3-15,24-26H,1-2H3. The number of carbonyl (C=O) groups excluding carboxylic acids is 3. The Balaban J connectivity index is 1.33. The van der Waals surface area contributed by atoms with Crippen LogP contribution in [-0.2, 0) is 21.5 Å². The lowest BCUT2D eigenvalue weighted by Crippen LogP contribution is -2.37. The molecule has 0 bridgehead atoms. The third kappa shape index (κ3) is 4.42. The van der Waals surface area contributed by atoms with Crippen LogP contribution in [0.15, 0.2) is 78.9 Å². The summed E-state index contributed by atoms with van der Waals surface area (Å²) in [6.07, 6.45) is -1.04. The fraction of sp³-hybridized carbons (Fsp3) is 0.172. The molecule has 0 radical (unpaired) electrons. The molecule has 3 atom stereocenters. The smallest absolute Gasteiger partial charge is 0.361 e. The maximum Gasteiger partial charge on any atom is 0.361 e. The second kappa shape index (κ2) is 10.1. The number of halogens is 2. The van der Waals surface area contributed by atoms with E-state index in [2.05, 4.69) is 5.10 Å². The number of para-hydroxylation sites is 1. The average Bonchev–Trinajstić information content (AvgIpc) is 3.58. The van der Waals surface area contributed by atoms with Gasteiger partial charge in [-0.2, -0.15) is 5.10 Å². The van der Waals surface area contributed by atoms with Crippen molar-refractivity contribution in [1.82, 2.24) is 9.78 Å². The van der Waals surface area contributed by atoms with E-state index in [1.165, 1.54) is 16.8 Å². The number of hydrogen-bond donors (Lipinski definition) is 0. The maximum absolute atomic E-state index is 13.8. The first-order valence-electron chi connectivity index (χ1n) is 12.4. The number of benzene rings is 3. The van der Waals surface area contributed by atoms with Gasteiger partial charge in [0.1, 0.15) is 17.4 Å². The minimum atomic E-state index is -1.04. The Morgan fingerprint density at radius 1 is 0.900 bits per heavy atom. The van der Waals surface area contributed by atoms with Crippen LogP contribution in [0.2, 0.25) is 10.0 Å². The number of nitrogens with zero attached hydrogens (tertiary/aromatic N) is 4. The summed E-state index contributed by atoms with van der Waals surface area (Å²) in [5, 5.41) is 6.31. The third-order valence-corrected chi connectivity index (χ3v) is 7.67. The first kappa shape index (κ1) is 26.1. The van der Waals surface area contributed by atoms with Gasteiger partial charge >= 0.3 is 5.97 Å². The zero-order valence-corrected chi connectivity index (χ0v) is 22.8.